The van der Waals surface area contributed by atoms with Crippen molar-refractivity contribution in [2.24, 2.45) is 0 Å². The molecule has 2 bridgehead atoms. The fraction of sp³-hybridized carbons (Fsp3) is 0.714. The second-order valence-corrected chi connectivity index (χ2v) is 4.84. The first-order chi connectivity index (χ1) is 7.45. The molecule has 2 heterocycles. The third kappa shape index (κ3) is 3.73. The fourth-order valence-corrected chi connectivity index (χ4v) is 2.47. The molecule has 1 aromatic rings. The number of hydrogen-bond donors (Lipinski definition) is 1. The summed E-state index contributed by atoms with van der Waals surface area (Å²) in [5, 5.41) is 0. The molecular weight excluding hydrogens is 182 g/mol. The molecule has 0 unspecified atom stereocenters. The molecule has 1 nitrogen and oxygen atoms in total. The summed E-state index contributed by atoms with van der Waals surface area (Å²) in [5.74, 6) is 0. The summed E-state index contributed by atoms with van der Waals surface area (Å²) >= 11 is 0. The Kier molecular flexibility index (Phi) is 4.31. The van der Waals surface area contributed by atoms with Gasteiger partial charge in [-0.25, -0.2) is 0 Å². The lowest BCUT2D eigenvalue weighted by Gasteiger charge is -2.00. The van der Waals surface area contributed by atoms with Gasteiger partial charge in [-0.15, -0.1) is 0 Å². The van der Waals surface area contributed by atoms with E-state index in [1.807, 2.05) is 0 Å². The normalized spacial score (nSPS) is 20.0. The van der Waals surface area contributed by atoms with Gasteiger partial charge in [0, 0.05) is 11.4 Å². The minimum atomic E-state index is 1.25. The van der Waals surface area contributed by atoms with E-state index in [-0.39, 0.29) is 0 Å². The summed E-state index contributed by atoms with van der Waals surface area (Å²) < 4.78 is 0. The SMILES string of the molecule is c1cc2[nH]c1CCCCCCCCCC2. The van der Waals surface area contributed by atoms with Crippen molar-refractivity contribution < 1.29 is 0 Å². The van der Waals surface area contributed by atoms with Gasteiger partial charge in [-0.1, -0.05) is 38.5 Å². The smallest absolute Gasteiger partial charge is 0.0149 e. The number of aryl methyl sites for hydroxylation is 2. The molecule has 0 amide bonds. The van der Waals surface area contributed by atoms with E-state index < -0.39 is 0 Å². The van der Waals surface area contributed by atoms with Crippen LogP contribution in [0.5, 0.6) is 0 Å². The highest BCUT2D eigenvalue weighted by atomic mass is 14.7. The molecule has 0 fully saturated rings. The van der Waals surface area contributed by atoms with E-state index in [9.17, 15) is 0 Å². The highest BCUT2D eigenvalue weighted by Gasteiger charge is 2.01. The molecule has 0 saturated carbocycles. The minimum absolute atomic E-state index is 1.25. The quantitative estimate of drug-likeness (QED) is 0.652. The van der Waals surface area contributed by atoms with Crippen LogP contribution in [0.25, 0.3) is 0 Å². The number of aromatic nitrogens is 1. The summed E-state index contributed by atoms with van der Waals surface area (Å²) in [6.45, 7) is 0. The van der Waals surface area contributed by atoms with Crippen molar-refractivity contribution in [2.75, 3.05) is 0 Å². The molecule has 1 aliphatic rings. The van der Waals surface area contributed by atoms with E-state index in [1.54, 1.807) is 0 Å². The lowest BCUT2D eigenvalue weighted by atomic mass is 10.1. The zero-order valence-electron chi connectivity index (χ0n) is 9.73. The first-order valence-corrected chi connectivity index (χ1v) is 6.62. The predicted molar refractivity (Wildman–Crippen MR) is 65.1 cm³/mol. The molecule has 2 rings (SSSR count). The fourth-order valence-electron chi connectivity index (χ4n) is 2.47. The van der Waals surface area contributed by atoms with Gasteiger partial charge in [0.25, 0.3) is 0 Å². The standard InChI is InChI=1S/C14H23N/c1-2-4-6-8-10-14-12-11-13(15-14)9-7-5-3-1/h11-12,15H,1-10H2. The van der Waals surface area contributed by atoms with Gasteiger partial charge in [0.1, 0.15) is 0 Å². The van der Waals surface area contributed by atoms with Gasteiger partial charge >= 0.3 is 0 Å². The Balaban J connectivity index is 1.88. The molecule has 1 aromatic heterocycles. The van der Waals surface area contributed by atoms with Gasteiger partial charge in [0.2, 0.25) is 0 Å². The third-order valence-electron chi connectivity index (χ3n) is 3.45. The molecule has 84 valence electrons. The predicted octanol–water partition coefficient (Wildman–Crippen LogP) is 4.23. The molecule has 1 aliphatic heterocycles. The monoisotopic (exact) mass is 205 g/mol. The van der Waals surface area contributed by atoms with Gasteiger partial charge in [-0.05, 0) is 37.8 Å². The molecule has 0 spiro atoms. The topological polar surface area (TPSA) is 15.8 Å². The Labute approximate surface area is 93.3 Å². The number of rotatable bonds is 0. The average Bonchev–Trinajstić information content (AvgIpc) is 2.69. The summed E-state index contributed by atoms with van der Waals surface area (Å²) in [6, 6.07) is 4.56. The molecule has 15 heavy (non-hydrogen) atoms. The highest BCUT2D eigenvalue weighted by molar-refractivity contribution is 5.13. The van der Waals surface area contributed by atoms with E-state index in [0.29, 0.717) is 0 Å². The summed E-state index contributed by atoms with van der Waals surface area (Å²) in [6.07, 6.45) is 13.8. The Morgan fingerprint density at radius 2 is 1.00 bits per heavy atom. The Morgan fingerprint density at radius 1 is 0.600 bits per heavy atom. The van der Waals surface area contributed by atoms with Crippen LogP contribution in [0, 0.1) is 0 Å². The van der Waals surface area contributed by atoms with Gasteiger partial charge < -0.3 is 4.98 Å². The summed E-state index contributed by atoms with van der Waals surface area (Å²) in [7, 11) is 0. The maximum atomic E-state index is 3.55. The maximum Gasteiger partial charge on any atom is 0.0149 e. The van der Waals surface area contributed by atoms with Gasteiger partial charge in [0.15, 0.2) is 0 Å². The maximum absolute atomic E-state index is 3.55. The van der Waals surface area contributed by atoms with Crippen molar-refractivity contribution in [3.05, 3.63) is 23.5 Å². The van der Waals surface area contributed by atoms with E-state index in [4.69, 9.17) is 0 Å². The number of nitrogens with one attached hydrogen (secondary N) is 1. The average molecular weight is 205 g/mol. The Hall–Kier alpha value is -0.720. The number of fused-ring (bicyclic) bond motifs is 2. The molecule has 1 heteroatoms. The first-order valence-electron chi connectivity index (χ1n) is 6.62. The summed E-state index contributed by atoms with van der Waals surface area (Å²) in [4.78, 5) is 3.55. The highest BCUT2D eigenvalue weighted by Crippen LogP contribution is 2.14. The Morgan fingerprint density at radius 3 is 1.47 bits per heavy atom. The van der Waals surface area contributed by atoms with Crippen molar-refractivity contribution in [1.82, 2.24) is 4.98 Å². The van der Waals surface area contributed by atoms with Crippen LogP contribution in [0.2, 0.25) is 0 Å². The van der Waals surface area contributed by atoms with Gasteiger partial charge in [-0.2, -0.15) is 0 Å². The molecule has 0 radical (unpaired) electrons. The largest absolute Gasteiger partial charge is 0.362 e. The number of hydrogen-bond acceptors (Lipinski definition) is 0. The second kappa shape index (κ2) is 5.99. The van der Waals surface area contributed by atoms with Crippen LogP contribution >= 0.6 is 0 Å². The van der Waals surface area contributed by atoms with Crippen molar-refractivity contribution in [3.8, 4) is 0 Å². The molecule has 0 saturated heterocycles. The van der Waals surface area contributed by atoms with Crippen LogP contribution in [-0.4, -0.2) is 4.98 Å². The molecule has 0 aliphatic carbocycles. The van der Waals surface area contributed by atoms with Crippen molar-refractivity contribution in [1.29, 1.82) is 0 Å². The molecule has 1 N–H and O–H groups in total. The van der Waals surface area contributed by atoms with Crippen molar-refractivity contribution in [2.45, 2.75) is 64.2 Å². The Bertz CT molecular complexity index is 248. The van der Waals surface area contributed by atoms with E-state index in [2.05, 4.69) is 17.1 Å². The first kappa shape index (κ1) is 10.8. The number of H-pyrrole nitrogens is 1. The molecule has 0 aromatic carbocycles. The second-order valence-electron chi connectivity index (χ2n) is 4.84. The molecule has 0 atom stereocenters. The van der Waals surface area contributed by atoms with Crippen LogP contribution in [0.4, 0.5) is 0 Å². The zero-order valence-corrected chi connectivity index (χ0v) is 9.73. The van der Waals surface area contributed by atoms with Crippen LogP contribution in [-0.2, 0) is 12.8 Å². The third-order valence-corrected chi connectivity index (χ3v) is 3.45. The van der Waals surface area contributed by atoms with Crippen LogP contribution in [0.1, 0.15) is 62.8 Å². The van der Waals surface area contributed by atoms with Gasteiger partial charge in [-0.3, -0.25) is 0 Å². The molecular formula is C14H23N. The van der Waals surface area contributed by atoms with Crippen LogP contribution in [0.3, 0.4) is 0 Å². The van der Waals surface area contributed by atoms with Crippen molar-refractivity contribution in [3.63, 3.8) is 0 Å². The van der Waals surface area contributed by atoms with E-state index >= 15 is 0 Å². The van der Waals surface area contributed by atoms with E-state index in [0.717, 1.165) is 0 Å². The zero-order chi connectivity index (χ0) is 10.3. The summed E-state index contributed by atoms with van der Waals surface area (Å²) in [5.41, 5.74) is 2.90. The van der Waals surface area contributed by atoms with Gasteiger partial charge in [0.05, 0.1) is 0 Å². The van der Waals surface area contributed by atoms with Crippen molar-refractivity contribution >= 4 is 0 Å². The minimum Gasteiger partial charge on any atom is -0.362 e. The van der Waals surface area contributed by atoms with E-state index in [1.165, 1.54) is 75.6 Å². The van der Waals surface area contributed by atoms with Crippen LogP contribution in [0.15, 0.2) is 12.1 Å². The number of aromatic amines is 1. The lowest BCUT2D eigenvalue weighted by molar-refractivity contribution is 0.569. The lowest BCUT2D eigenvalue weighted by Crippen LogP contribution is -1.88. The van der Waals surface area contributed by atoms with Crippen LogP contribution < -0.4 is 0 Å².